The molecule has 0 amide bonds. The van der Waals surface area contributed by atoms with Gasteiger partial charge in [0.05, 0.1) is 18.1 Å². The number of benzene rings is 1. The highest BCUT2D eigenvalue weighted by Gasteiger charge is 2.35. The molecule has 2 unspecified atom stereocenters. The molecule has 0 radical (unpaired) electrons. The second-order valence-electron chi connectivity index (χ2n) is 5.61. The molecule has 0 aliphatic carbocycles. The largest absolute Gasteiger partial charge is 0.497 e. The lowest BCUT2D eigenvalue weighted by Gasteiger charge is -2.31. The summed E-state index contributed by atoms with van der Waals surface area (Å²) in [6.45, 7) is 2.91. The van der Waals surface area contributed by atoms with Crippen LogP contribution in [0.1, 0.15) is 44.2 Å². The number of methoxy groups -OCH3 is 1. The summed E-state index contributed by atoms with van der Waals surface area (Å²) in [7, 11) is -1.38. The first-order valence-corrected chi connectivity index (χ1v) is 9.39. The molecule has 1 aliphatic heterocycles. The zero-order valence-electron chi connectivity index (χ0n) is 12.8. The SMILES string of the molecule is CCCNC(c1ccc(OC)cc1)C1CCCCS1(=O)=O. The van der Waals surface area contributed by atoms with E-state index >= 15 is 0 Å². The van der Waals surface area contributed by atoms with Crippen molar-refractivity contribution in [1.82, 2.24) is 5.32 Å². The van der Waals surface area contributed by atoms with Crippen LogP contribution in [0.5, 0.6) is 5.75 Å². The summed E-state index contributed by atoms with van der Waals surface area (Å²) in [5.74, 6) is 1.11. The first-order chi connectivity index (χ1) is 10.1. The van der Waals surface area contributed by atoms with Crippen LogP contribution in [0, 0.1) is 0 Å². The van der Waals surface area contributed by atoms with E-state index in [4.69, 9.17) is 4.74 Å². The zero-order chi connectivity index (χ0) is 15.3. The van der Waals surface area contributed by atoms with E-state index in [0.29, 0.717) is 5.75 Å². The van der Waals surface area contributed by atoms with Crippen molar-refractivity contribution < 1.29 is 13.2 Å². The maximum atomic E-state index is 12.4. The fourth-order valence-corrected chi connectivity index (χ4v) is 5.03. The van der Waals surface area contributed by atoms with Gasteiger partial charge in [0.15, 0.2) is 9.84 Å². The van der Waals surface area contributed by atoms with Crippen LogP contribution in [-0.2, 0) is 9.84 Å². The Morgan fingerprint density at radius 1 is 1.29 bits per heavy atom. The minimum absolute atomic E-state index is 0.124. The predicted molar refractivity (Wildman–Crippen MR) is 85.5 cm³/mol. The molecule has 1 fully saturated rings. The van der Waals surface area contributed by atoms with E-state index in [2.05, 4.69) is 12.2 Å². The van der Waals surface area contributed by atoms with Crippen LogP contribution >= 0.6 is 0 Å². The Balaban J connectivity index is 2.27. The average molecular weight is 311 g/mol. The van der Waals surface area contributed by atoms with E-state index in [0.717, 1.165) is 43.5 Å². The molecule has 1 heterocycles. The van der Waals surface area contributed by atoms with Gasteiger partial charge in [0, 0.05) is 6.04 Å². The highest BCUT2D eigenvalue weighted by Crippen LogP contribution is 2.31. The third-order valence-electron chi connectivity index (χ3n) is 4.09. The van der Waals surface area contributed by atoms with Crippen LogP contribution in [0.25, 0.3) is 0 Å². The monoisotopic (exact) mass is 311 g/mol. The molecule has 0 bridgehead atoms. The number of hydrogen-bond donors (Lipinski definition) is 1. The summed E-state index contributed by atoms with van der Waals surface area (Å²) in [6.07, 6.45) is 3.52. The minimum atomic E-state index is -3.01. The van der Waals surface area contributed by atoms with E-state index in [1.165, 1.54) is 0 Å². The number of hydrogen-bond acceptors (Lipinski definition) is 4. The van der Waals surface area contributed by atoms with Crippen LogP contribution in [0.4, 0.5) is 0 Å². The highest BCUT2D eigenvalue weighted by molar-refractivity contribution is 7.92. The molecule has 118 valence electrons. The summed E-state index contributed by atoms with van der Waals surface area (Å²) in [5.41, 5.74) is 1.03. The van der Waals surface area contributed by atoms with Crippen molar-refractivity contribution in [2.75, 3.05) is 19.4 Å². The molecule has 0 spiro atoms. The molecule has 2 atom stereocenters. The van der Waals surface area contributed by atoms with E-state index < -0.39 is 9.84 Å². The number of nitrogens with one attached hydrogen (secondary N) is 1. The summed E-state index contributed by atoms with van der Waals surface area (Å²) < 4.78 is 30.0. The average Bonchev–Trinajstić information content (AvgIpc) is 2.49. The Labute approximate surface area is 127 Å². The van der Waals surface area contributed by atoms with Crippen LogP contribution in [0.2, 0.25) is 0 Å². The van der Waals surface area contributed by atoms with Crippen molar-refractivity contribution in [1.29, 1.82) is 0 Å². The van der Waals surface area contributed by atoms with Crippen molar-refractivity contribution >= 4 is 9.84 Å². The van der Waals surface area contributed by atoms with Gasteiger partial charge in [-0.05, 0) is 43.5 Å². The van der Waals surface area contributed by atoms with Crippen LogP contribution < -0.4 is 10.1 Å². The third kappa shape index (κ3) is 3.98. The number of sulfone groups is 1. The van der Waals surface area contributed by atoms with Gasteiger partial charge in [-0.15, -0.1) is 0 Å². The molecular weight excluding hydrogens is 286 g/mol. The van der Waals surface area contributed by atoms with Crippen molar-refractivity contribution in [2.24, 2.45) is 0 Å². The molecule has 21 heavy (non-hydrogen) atoms. The zero-order valence-corrected chi connectivity index (χ0v) is 13.7. The van der Waals surface area contributed by atoms with Gasteiger partial charge in [-0.3, -0.25) is 0 Å². The second-order valence-corrected chi connectivity index (χ2v) is 7.95. The predicted octanol–water partition coefficient (Wildman–Crippen LogP) is 2.70. The van der Waals surface area contributed by atoms with Crippen LogP contribution in [0.3, 0.4) is 0 Å². The first kappa shape index (κ1) is 16.3. The fraction of sp³-hybridized carbons (Fsp3) is 0.625. The Kier molecular flexibility index (Phi) is 5.65. The number of ether oxygens (including phenoxy) is 1. The Hall–Kier alpha value is -1.07. The highest BCUT2D eigenvalue weighted by atomic mass is 32.2. The van der Waals surface area contributed by atoms with Crippen molar-refractivity contribution in [3.63, 3.8) is 0 Å². The topological polar surface area (TPSA) is 55.4 Å². The molecule has 4 nitrogen and oxygen atoms in total. The quantitative estimate of drug-likeness (QED) is 0.877. The first-order valence-electron chi connectivity index (χ1n) is 7.67. The lowest BCUT2D eigenvalue weighted by atomic mass is 9.99. The van der Waals surface area contributed by atoms with Gasteiger partial charge in [-0.1, -0.05) is 25.5 Å². The van der Waals surface area contributed by atoms with E-state index in [9.17, 15) is 8.42 Å². The molecule has 1 aromatic carbocycles. The normalized spacial score (nSPS) is 22.7. The smallest absolute Gasteiger partial charge is 0.155 e. The lowest BCUT2D eigenvalue weighted by Crippen LogP contribution is -2.40. The van der Waals surface area contributed by atoms with Crippen molar-refractivity contribution in [3.05, 3.63) is 29.8 Å². The standard InChI is InChI=1S/C16H25NO3S/c1-3-11-17-16(13-7-9-14(20-2)10-8-13)15-6-4-5-12-21(15,18)19/h7-10,15-17H,3-6,11-12H2,1-2H3. The maximum absolute atomic E-state index is 12.4. The molecule has 2 rings (SSSR count). The Morgan fingerprint density at radius 3 is 2.57 bits per heavy atom. The summed E-state index contributed by atoms with van der Waals surface area (Å²) in [6, 6.07) is 7.60. The van der Waals surface area contributed by atoms with Crippen molar-refractivity contribution in [2.45, 2.75) is 43.9 Å². The molecular formula is C16H25NO3S. The molecule has 1 aromatic rings. The second kappa shape index (κ2) is 7.27. The maximum Gasteiger partial charge on any atom is 0.155 e. The molecule has 0 aromatic heterocycles. The molecule has 1 N–H and O–H groups in total. The summed E-state index contributed by atoms with van der Waals surface area (Å²) >= 11 is 0. The molecule has 0 saturated carbocycles. The summed E-state index contributed by atoms with van der Waals surface area (Å²) in [5, 5.41) is 3.11. The van der Waals surface area contributed by atoms with Gasteiger partial charge >= 0.3 is 0 Å². The molecule has 1 saturated heterocycles. The van der Waals surface area contributed by atoms with Crippen LogP contribution in [0.15, 0.2) is 24.3 Å². The summed E-state index contributed by atoms with van der Waals surface area (Å²) in [4.78, 5) is 0. The van der Waals surface area contributed by atoms with Gasteiger partial charge in [-0.25, -0.2) is 8.42 Å². The third-order valence-corrected chi connectivity index (χ3v) is 6.38. The molecule has 5 heteroatoms. The fourth-order valence-electron chi connectivity index (χ4n) is 2.93. The van der Waals surface area contributed by atoms with E-state index in [-0.39, 0.29) is 11.3 Å². The van der Waals surface area contributed by atoms with Crippen LogP contribution in [-0.4, -0.2) is 33.1 Å². The van der Waals surface area contributed by atoms with Gasteiger partial charge < -0.3 is 10.1 Å². The van der Waals surface area contributed by atoms with Gasteiger partial charge in [0.2, 0.25) is 0 Å². The molecule has 1 aliphatic rings. The van der Waals surface area contributed by atoms with E-state index in [1.54, 1.807) is 7.11 Å². The van der Waals surface area contributed by atoms with Crippen molar-refractivity contribution in [3.8, 4) is 5.75 Å². The Morgan fingerprint density at radius 2 is 2.00 bits per heavy atom. The van der Waals surface area contributed by atoms with Gasteiger partial charge in [0.25, 0.3) is 0 Å². The number of rotatable bonds is 6. The van der Waals surface area contributed by atoms with Gasteiger partial charge in [-0.2, -0.15) is 0 Å². The van der Waals surface area contributed by atoms with E-state index in [1.807, 2.05) is 24.3 Å². The minimum Gasteiger partial charge on any atom is -0.497 e. The Bertz CT molecular complexity index is 539. The van der Waals surface area contributed by atoms with Gasteiger partial charge in [0.1, 0.15) is 5.75 Å². The lowest BCUT2D eigenvalue weighted by molar-refractivity contribution is 0.413.